The number of methoxy groups -OCH3 is 2. The van der Waals surface area contributed by atoms with E-state index in [1.807, 2.05) is 0 Å². The van der Waals surface area contributed by atoms with E-state index in [2.05, 4.69) is 25.4 Å². The Kier molecular flexibility index (Phi) is 4.17. The Morgan fingerprint density at radius 2 is 1.78 bits per heavy atom. The number of hydrogen-bond acceptors (Lipinski definition) is 8. The number of ether oxygens (including phenoxy) is 2. The van der Waals surface area contributed by atoms with Gasteiger partial charge in [0.1, 0.15) is 11.6 Å². The van der Waals surface area contributed by atoms with Gasteiger partial charge >= 0.3 is 6.01 Å². The predicted octanol–water partition coefficient (Wildman–Crippen LogP) is 2.65. The van der Waals surface area contributed by atoms with E-state index in [4.69, 9.17) is 9.47 Å². The lowest BCUT2D eigenvalue weighted by molar-refractivity contribution is 0.353. The minimum Gasteiger partial charge on any atom is -0.508 e. The SMILES string of the molecule is COc1ncc(-c2cnn3ccc(Nc4ccc(O)cc4)nc23)c(OC)n1. The van der Waals surface area contributed by atoms with Crippen LogP contribution >= 0.6 is 0 Å². The average molecular weight is 364 g/mol. The summed E-state index contributed by atoms with van der Waals surface area (Å²) in [6, 6.07) is 8.75. The number of nitrogens with zero attached hydrogens (tertiary/aromatic N) is 5. The van der Waals surface area contributed by atoms with Gasteiger partial charge in [-0.05, 0) is 30.3 Å². The topological polar surface area (TPSA) is 107 Å². The summed E-state index contributed by atoms with van der Waals surface area (Å²) in [5, 5.41) is 16.9. The summed E-state index contributed by atoms with van der Waals surface area (Å²) in [6.45, 7) is 0. The van der Waals surface area contributed by atoms with E-state index < -0.39 is 0 Å². The van der Waals surface area contributed by atoms with E-state index in [1.165, 1.54) is 14.2 Å². The Morgan fingerprint density at radius 3 is 2.52 bits per heavy atom. The number of aromatic hydroxyl groups is 1. The molecule has 0 atom stereocenters. The molecule has 9 nitrogen and oxygen atoms in total. The van der Waals surface area contributed by atoms with Gasteiger partial charge in [-0.3, -0.25) is 0 Å². The third kappa shape index (κ3) is 3.17. The molecular weight excluding hydrogens is 348 g/mol. The number of phenols is 1. The van der Waals surface area contributed by atoms with Crippen LogP contribution in [-0.4, -0.2) is 43.9 Å². The lowest BCUT2D eigenvalue weighted by Gasteiger charge is -2.08. The van der Waals surface area contributed by atoms with Crippen molar-refractivity contribution in [2.24, 2.45) is 0 Å². The molecule has 0 saturated heterocycles. The quantitative estimate of drug-likeness (QED) is 0.521. The van der Waals surface area contributed by atoms with Crippen molar-refractivity contribution in [2.75, 3.05) is 19.5 Å². The van der Waals surface area contributed by atoms with E-state index >= 15 is 0 Å². The first kappa shape index (κ1) is 16.6. The second kappa shape index (κ2) is 6.79. The van der Waals surface area contributed by atoms with Gasteiger partial charge in [0.2, 0.25) is 5.88 Å². The third-order valence-corrected chi connectivity index (χ3v) is 3.91. The van der Waals surface area contributed by atoms with Crippen LogP contribution in [0.2, 0.25) is 0 Å². The number of aromatic nitrogens is 5. The summed E-state index contributed by atoms with van der Waals surface area (Å²) in [7, 11) is 3.02. The molecule has 1 aromatic carbocycles. The molecular formula is C18H16N6O3. The Bertz CT molecular complexity index is 1090. The van der Waals surface area contributed by atoms with Gasteiger partial charge in [0.25, 0.3) is 0 Å². The summed E-state index contributed by atoms with van der Waals surface area (Å²) in [5.41, 5.74) is 2.80. The maximum absolute atomic E-state index is 9.40. The molecule has 0 fully saturated rings. The van der Waals surface area contributed by atoms with Crippen LogP contribution in [0.3, 0.4) is 0 Å². The van der Waals surface area contributed by atoms with Gasteiger partial charge in [0, 0.05) is 18.1 Å². The average Bonchev–Trinajstić information content (AvgIpc) is 3.12. The highest BCUT2D eigenvalue weighted by Crippen LogP contribution is 2.31. The fraction of sp³-hybridized carbons (Fsp3) is 0.111. The molecule has 2 N–H and O–H groups in total. The zero-order valence-corrected chi connectivity index (χ0v) is 14.6. The standard InChI is InChI=1S/C18H16N6O3/c1-26-17-14(9-19-18(23-17)27-2)13-10-20-24-8-7-15(22-16(13)24)21-11-3-5-12(25)6-4-11/h3-10,25H,1-2H3,(H,21,22). The van der Waals surface area contributed by atoms with Crippen molar-refractivity contribution in [1.29, 1.82) is 0 Å². The zero-order valence-electron chi connectivity index (χ0n) is 14.6. The first-order valence-corrected chi connectivity index (χ1v) is 8.04. The normalized spacial score (nSPS) is 10.7. The fourth-order valence-corrected chi connectivity index (χ4v) is 2.61. The molecule has 136 valence electrons. The van der Waals surface area contributed by atoms with Crippen LogP contribution in [0.5, 0.6) is 17.6 Å². The molecule has 27 heavy (non-hydrogen) atoms. The first-order chi connectivity index (χ1) is 13.2. The van der Waals surface area contributed by atoms with Crippen molar-refractivity contribution >= 4 is 17.2 Å². The van der Waals surface area contributed by atoms with Crippen molar-refractivity contribution in [1.82, 2.24) is 24.6 Å². The number of anilines is 2. The van der Waals surface area contributed by atoms with Gasteiger partial charge < -0.3 is 19.9 Å². The van der Waals surface area contributed by atoms with Crippen molar-refractivity contribution in [2.45, 2.75) is 0 Å². The van der Waals surface area contributed by atoms with Crippen molar-refractivity contribution in [3.8, 4) is 28.8 Å². The Labute approximate surface area is 154 Å². The molecule has 0 radical (unpaired) electrons. The van der Waals surface area contributed by atoms with E-state index in [0.717, 1.165) is 11.3 Å². The maximum atomic E-state index is 9.40. The largest absolute Gasteiger partial charge is 0.508 e. The van der Waals surface area contributed by atoms with Gasteiger partial charge in [-0.25, -0.2) is 14.5 Å². The lowest BCUT2D eigenvalue weighted by Crippen LogP contribution is -1.99. The number of hydrogen-bond donors (Lipinski definition) is 2. The van der Waals surface area contributed by atoms with Gasteiger partial charge in [-0.15, -0.1) is 0 Å². The molecule has 3 heterocycles. The van der Waals surface area contributed by atoms with Crippen LogP contribution in [0.1, 0.15) is 0 Å². The molecule has 0 spiro atoms. The number of rotatable bonds is 5. The highest BCUT2D eigenvalue weighted by Gasteiger charge is 2.16. The molecule has 0 bridgehead atoms. The van der Waals surface area contributed by atoms with Gasteiger partial charge in [0.05, 0.1) is 31.5 Å². The van der Waals surface area contributed by atoms with Crippen LogP contribution in [0.4, 0.5) is 11.5 Å². The molecule has 0 aliphatic heterocycles. The van der Waals surface area contributed by atoms with Crippen molar-refractivity contribution in [3.05, 3.63) is 48.9 Å². The molecule has 0 aliphatic carbocycles. The minimum absolute atomic E-state index is 0.202. The summed E-state index contributed by atoms with van der Waals surface area (Å²) in [6.07, 6.45) is 5.09. The van der Waals surface area contributed by atoms with Crippen LogP contribution in [0.25, 0.3) is 16.8 Å². The van der Waals surface area contributed by atoms with E-state index in [1.54, 1.807) is 53.4 Å². The van der Waals surface area contributed by atoms with E-state index in [9.17, 15) is 5.11 Å². The second-order valence-corrected chi connectivity index (χ2v) is 5.59. The number of nitrogens with one attached hydrogen (secondary N) is 1. The molecule has 3 aromatic heterocycles. The Morgan fingerprint density at radius 1 is 0.963 bits per heavy atom. The summed E-state index contributed by atoms with van der Waals surface area (Å²) in [4.78, 5) is 13.0. The molecule has 9 heteroatoms. The number of benzene rings is 1. The monoisotopic (exact) mass is 364 g/mol. The Balaban J connectivity index is 1.75. The predicted molar refractivity (Wildman–Crippen MR) is 98.5 cm³/mol. The summed E-state index contributed by atoms with van der Waals surface area (Å²) < 4.78 is 12.1. The third-order valence-electron chi connectivity index (χ3n) is 3.91. The number of fused-ring (bicyclic) bond motifs is 1. The zero-order chi connectivity index (χ0) is 18.8. The van der Waals surface area contributed by atoms with Crippen molar-refractivity contribution in [3.63, 3.8) is 0 Å². The highest BCUT2D eigenvalue weighted by atomic mass is 16.5. The Hall–Kier alpha value is -3.88. The van der Waals surface area contributed by atoms with Gasteiger partial charge in [-0.1, -0.05) is 0 Å². The fourth-order valence-electron chi connectivity index (χ4n) is 2.61. The first-order valence-electron chi connectivity index (χ1n) is 8.04. The van der Waals surface area contributed by atoms with Gasteiger partial charge in [-0.2, -0.15) is 10.1 Å². The van der Waals surface area contributed by atoms with E-state index in [-0.39, 0.29) is 11.8 Å². The number of phenolic OH excluding ortho intramolecular Hbond substituents is 1. The van der Waals surface area contributed by atoms with Gasteiger partial charge in [0.15, 0.2) is 5.65 Å². The second-order valence-electron chi connectivity index (χ2n) is 5.59. The minimum atomic E-state index is 0.202. The molecule has 0 saturated carbocycles. The van der Waals surface area contributed by atoms with Crippen LogP contribution in [0.15, 0.2) is 48.9 Å². The summed E-state index contributed by atoms with van der Waals surface area (Å²) in [5.74, 6) is 1.20. The highest BCUT2D eigenvalue weighted by molar-refractivity contribution is 5.80. The molecule has 0 unspecified atom stereocenters. The van der Waals surface area contributed by atoms with Crippen LogP contribution in [-0.2, 0) is 0 Å². The molecule has 0 amide bonds. The molecule has 4 aromatic rings. The molecule has 4 rings (SSSR count). The lowest BCUT2D eigenvalue weighted by atomic mass is 10.2. The molecule has 0 aliphatic rings. The van der Waals surface area contributed by atoms with E-state index in [0.29, 0.717) is 22.9 Å². The van der Waals surface area contributed by atoms with Crippen molar-refractivity contribution < 1.29 is 14.6 Å². The summed E-state index contributed by atoms with van der Waals surface area (Å²) >= 11 is 0. The maximum Gasteiger partial charge on any atom is 0.319 e. The van der Waals surface area contributed by atoms with Crippen LogP contribution < -0.4 is 14.8 Å². The smallest absolute Gasteiger partial charge is 0.319 e. The van der Waals surface area contributed by atoms with Crippen LogP contribution in [0, 0.1) is 0 Å².